The van der Waals surface area contributed by atoms with Crippen molar-refractivity contribution in [2.75, 3.05) is 0 Å². The van der Waals surface area contributed by atoms with Gasteiger partial charge in [0.15, 0.2) is 0 Å². The highest BCUT2D eigenvalue weighted by molar-refractivity contribution is 6.50. The van der Waals surface area contributed by atoms with Gasteiger partial charge >= 0.3 is 7.25 Å². The quantitative estimate of drug-likeness (QED) is 0.170. The molecule has 0 N–H and O–H groups in total. The average Bonchev–Trinajstić information content (AvgIpc) is 2.46. The van der Waals surface area contributed by atoms with E-state index in [0.29, 0.717) is 0 Å². The second-order valence-corrected chi connectivity index (χ2v) is 6.44. The standard InChI is InChI=1S/C18H37.BF4/c1-4-6-7-8-9-10-11-12-13-14-15-16-17-18(3)5-2;2-1(3,4)5/h17-18H,4-16H2,1-3H3;/q;-1. The predicted octanol–water partition coefficient (Wildman–Crippen LogP) is 8.24. The van der Waals surface area contributed by atoms with Crippen molar-refractivity contribution in [2.45, 2.75) is 104 Å². The van der Waals surface area contributed by atoms with E-state index in [2.05, 4.69) is 27.2 Å². The van der Waals surface area contributed by atoms with E-state index >= 15 is 0 Å². The van der Waals surface area contributed by atoms with E-state index in [4.69, 9.17) is 0 Å². The highest BCUT2D eigenvalue weighted by atomic mass is 19.5. The molecule has 1 radical (unpaired) electrons. The zero-order valence-corrected chi connectivity index (χ0v) is 15.4. The molecule has 0 fully saturated rings. The maximum Gasteiger partial charge on any atom is 0.673 e. The normalized spacial score (nSPS) is 12.7. The van der Waals surface area contributed by atoms with E-state index in [-0.39, 0.29) is 0 Å². The fourth-order valence-electron chi connectivity index (χ4n) is 2.38. The number of rotatable bonds is 14. The highest BCUT2D eigenvalue weighted by Crippen LogP contribution is 2.14. The van der Waals surface area contributed by atoms with Crippen LogP contribution in [-0.4, -0.2) is 7.25 Å². The van der Waals surface area contributed by atoms with Crippen LogP contribution in [0.15, 0.2) is 0 Å². The second-order valence-electron chi connectivity index (χ2n) is 6.44. The first-order chi connectivity index (χ1) is 10.8. The maximum absolute atomic E-state index is 9.75. The largest absolute Gasteiger partial charge is 0.673 e. The predicted molar refractivity (Wildman–Crippen MR) is 95.0 cm³/mol. The van der Waals surface area contributed by atoms with Gasteiger partial charge < -0.3 is 17.3 Å². The van der Waals surface area contributed by atoms with Crippen LogP contribution in [-0.2, 0) is 0 Å². The molecule has 1 unspecified atom stereocenters. The molecule has 0 rings (SSSR count). The molecule has 5 heteroatoms. The first-order valence-electron chi connectivity index (χ1n) is 9.51. The lowest BCUT2D eigenvalue weighted by Gasteiger charge is -2.07. The van der Waals surface area contributed by atoms with Gasteiger partial charge in [0.05, 0.1) is 0 Å². The molecule has 0 aromatic carbocycles. The van der Waals surface area contributed by atoms with Crippen LogP contribution in [0.2, 0.25) is 0 Å². The van der Waals surface area contributed by atoms with Gasteiger partial charge in [-0.3, -0.25) is 0 Å². The van der Waals surface area contributed by atoms with Crippen molar-refractivity contribution in [2.24, 2.45) is 5.92 Å². The minimum Gasteiger partial charge on any atom is -0.418 e. The molecule has 0 heterocycles. The van der Waals surface area contributed by atoms with Gasteiger partial charge in [-0.2, -0.15) is 0 Å². The van der Waals surface area contributed by atoms with E-state index in [1.165, 1.54) is 83.5 Å². The van der Waals surface area contributed by atoms with E-state index in [9.17, 15) is 17.3 Å². The van der Waals surface area contributed by atoms with Gasteiger partial charge in [-0.25, -0.2) is 0 Å². The topological polar surface area (TPSA) is 0 Å². The van der Waals surface area contributed by atoms with Gasteiger partial charge in [0, 0.05) is 0 Å². The van der Waals surface area contributed by atoms with Crippen LogP contribution < -0.4 is 0 Å². The average molecular weight is 340 g/mol. The molecule has 0 aliphatic carbocycles. The Hall–Kier alpha value is -0.215. The lowest BCUT2D eigenvalue weighted by molar-refractivity contribution is 0.368. The van der Waals surface area contributed by atoms with Gasteiger partial charge in [0.2, 0.25) is 0 Å². The van der Waals surface area contributed by atoms with Gasteiger partial charge in [0.25, 0.3) is 0 Å². The summed E-state index contributed by atoms with van der Waals surface area (Å²) >= 11 is 0. The first-order valence-corrected chi connectivity index (χ1v) is 9.51. The minimum atomic E-state index is -6.00. The number of hydrogen-bond donors (Lipinski definition) is 0. The Morgan fingerprint density at radius 3 is 1.39 bits per heavy atom. The summed E-state index contributed by atoms with van der Waals surface area (Å²) in [7, 11) is -6.00. The summed E-state index contributed by atoms with van der Waals surface area (Å²) in [6.07, 6.45) is 21.1. The number of halogens is 4. The third-order valence-electron chi connectivity index (χ3n) is 4.02. The zero-order chi connectivity index (χ0) is 18.0. The van der Waals surface area contributed by atoms with Crippen molar-refractivity contribution >= 4 is 7.25 Å². The van der Waals surface area contributed by atoms with Crippen molar-refractivity contribution in [3.05, 3.63) is 6.42 Å². The van der Waals surface area contributed by atoms with Gasteiger partial charge in [0.1, 0.15) is 0 Å². The summed E-state index contributed by atoms with van der Waals surface area (Å²) in [5, 5.41) is 0. The summed E-state index contributed by atoms with van der Waals surface area (Å²) < 4.78 is 39.0. The molecular formula is C18H37BF4-. The van der Waals surface area contributed by atoms with Gasteiger partial charge in [-0.15, -0.1) is 0 Å². The molecule has 0 aromatic heterocycles. The van der Waals surface area contributed by atoms with E-state index in [0.717, 1.165) is 5.92 Å². The van der Waals surface area contributed by atoms with Crippen molar-refractivity contribution in [1.29, 1.82) is 0 Å². The molecule has 141 valence electrons. The smallest absolute Gasteiger partial charge is 0.418 e. The van der Waals surface area contributed by atoms with Crippen molar-refractivity contribution in [1.82, 2.24) is 0 Å². The Morgan fingerprint density at radius 2 is 1.04 bits per heavy atom. The van der Waals surface area contributed by atoms with Crippen molar-refractivity contribution in [3.63, 3.8) is 0 Å². The lowest BCUT2D eigenvalue weighted by Crippen LogP contribution is -2.02. The molecule has 0 nitrogen and oxygen atoms in total. The Kier molecular flexibility index (Phi) is 19.7. The van der Waals surface area contributed by atoms with Gasteiger partial charge in [-0.05, 0) is 18.8 Å². The summed E-state index contributed by atoms with van der Waals surface area (Å²) in [4.78, 5) is 0. The minimum absolute atomic E-state index is 0.827. The monoisotopic (exact) mass is 340 g/mol. The fourth-order valence-corrected chi connectivity index (χ4v) is 2.38. The summed E-state index contributed by atoms with van der Waals surface area (Å²) in [5.41, 5.74) is 0. The molecule has 0 aromatic rings. The van der Waals surface area contributed by atoms with Crippen molar-refractivity contribution < 1.29 is 17.3 Å². The molecular weight excluding hydrogens is 303 g/mol. The Morgan fingerprint density at radius 1 is 0.696 bits per heavy atom. The SMILES string of the molecule is CCCCCCCCCCCCC[CH]C(C)CC.F[B-](F)(F)F. The van der Waals surface area contributed by atoms with Crippen LogP contribution in [0.3, 0.4) is 0 Å². The maximum atomic E-state index is 9.75. The number of unbranched alkanes of at least 4 members (excludes halogenated alkanes) is 11. The highest BCUT2D eigenvalue weighted by Gasteiger charge is 2.20. The third-order valence-corrected chi connectivity index (χ3v) is 4.02. The number of hydrogen-bond acceptors (Lipinski definition) is 0. The first kappa shape index (κ1) is 25.0. The Bertz CT molecular complexity index is 214. The fraction of sp³-hybridized carbons (Fsp3) is 0.944. The van der Waals surface area contributed by atoms with Crippen LogP contribution in [0, 0.1) is 12.3 Å². The van der Waals surface area contributed by atoms with E-state index in [1.807, 2.05) is 0 Å². The molecule has 0 saturated carbocycles. The molecule has 1 atom stereocenters. The summed E-state index contributed by atoms with van der Waals surface area (Å²) in [6, 6.07) is 0. The third kappa shape index (κ3) is 34.2. The Balaban J connectivity index is 0. The Labute approximate surface area is 141 Å². The van der Waals surface area contributed by atoms with Crippen LogP contribution in [0.1, 0.15) is 104 Å². The second kappa shape index (κ2) is 18.1. The lowest BCUT2D eigenvalue weighted by atomic mass is 9.99. The molecule has 0 saturated heterocycles. The van der Waals surface area contributed by atoms with E-state index < -0.39 is 7.25 Å². The molecule has 0 spiro atoms. The van der Waals surface area contributed by atoms with E-state index in [1.54, 1.807) is 0 Å². The van der Waals surface area contributed by atoms with Crippen molar-refractivity contribution in [3.8, 4) is 0 Å². The summed E-state index contributed by atoms with van der Waals surface area (Å²) in [5.74, 6) is 0.827. The molecule has 0 amide bonds. The van der Waals surface area contributed by atoms with Crippen LogP contribution in [0.5, 0.6) is 0 Å². The zero-order valence-electron chi connectivity index (χ0n) is 15.4. The van der Waals surface area contributed by atoms with Crippen LogP contribution in [0.4, 0.5) is 17.3 Å². The molecule has 23 heavy (non-hydrogen) atoms. The molecule has 0 bridgehead atoms. The molecule has 0 aliphatic rings. The molecule has 0 aliphatic heterocycles. The van der Waals surface area contributed by atoms with Crippen LogP contribution >= 0.6 is 0 Å². The summed E-state index contributed by atoms with van der Waals surface area (Å²) in [6.45, 7) is 6.90. The van der Waals surface area contributed by atoms with Crippen LogP contribution in [0.25, 0.3) is 0 Å². The van der Waals surface area contributed by atoms with Gasteiger partial charge in [-0.1, -0.05) is 97.8 Å².